The topological polar surface area (TPSA) is 51.6 Å². The molecule has 0 saturated carbocycles. The normalized spacial score (nSPS) is 19.5. The highest BCUT2D eigenvalue weighted by Gasteiger charge is 2.22. The molecule has 7 nitrogen and oxygen atoms in total. The first-order chi connectivity index (χ1) is 12.2. The first-order valence-corrected chi connectivity index (χ1v) is 9.69. The van der Waals surface area contributed by atoms with E-state index in [0.717, 1.165) is 69.3 Å². The molecule has 134 valence electrons. The molecule has 0 radical (unpaired) electrons. The van der Waals surface area contributed by atoms with Gasteiger partial charge in [-0.2, -0.15) is 4.98 Å². The van der Waals surface area contributed by atoms with Gasteiger partial charge in [-0.3, -0.25) is 0 Å². The molecule has 25 heavy (non-hydrogen) atoms. The number of aryl methyl sites for hydroxylation is 1. The van der Waals surface area contributed by atoms with Gasteiger partial charge in [0, 0.05) is 69.6 Å². The Morgan fingerprint density at radius 3 is 2.24 bits per heavy atom. The average Bonchev–Trinajstić information content (AvgIpc) is 3.09. The molecular formula is C17H25N7S. The van der Waals surface area contributed by atoms with Crippen molar-refractivity contribution >= 4 is 28.2 Å². The van der Waals surface area contributed by atoms with Crippen molar-refractivity contribution in [2.75, 3.05) is 74.1 Å². The number of hydrogen-bond acceptors (Lipinski definition) is 8. The van der Waals surface area contributed by atoms with Crippen LogP contribution in [0.1, 0.15) is 4.88 Å². The van der Waals surface area contributed by atoms with Gasteiger partial charge in [0.25, 0.3) is 0 Å². The highest BCUT2D eigenvalue weighted by molar-refractivity contribution is 7.15. The summed E-state index contributed by atoms with van der Waals surface area (Å²) in [5.74, 6) is 1.91. The van der Waals surface area contributed by atoms with E-state index in [1.165, 1.54) is 4.88 Å². The number of rotatable bonds is 3. The Balaban J connectivity index is 1.40. The minimum Gasteiger partial charge on any atom is -0.354 e. The molecule has 0 aromatic carbocycles. The zero-order valence-electron chi connectivity index (χ0n) is 14.9. The van der Waals surface area contributed by atoms with Crippen molar-refractivity contribution in [3.8, 4) is 0 Å². The maximum absolute atomic E-state index is 4.84. The molecular weight excluding hydrogens is 334 g/mol. The van der Waals surface area contributed by atoms with Crippen LogP contribution in [0.3, 0.4) is 0 Å². The summed E-state index contributed by atoms with van der Waals surface area (Å²) in [6.07, 6.45) is 3.85. The van der Waals surface area contributed by atoms with Crippen LogP contribution in [-0.2, 0) is 0 Å². The second-order valence-electron chi connectivity index (χ2n) is 6.73. The Hall–Kier alpha value is -1.93. The van der Waals surface area contributed by atoms with Crippen molar-refractivity contribution in [1.29, 1.82) is 0 Å². The van der Waals surface area contributed by atoms with Gasteiger partial charge < -0.3 is 19.6 Å². The predicted molar refractivity (Wildman–Crippen MR) is 103 cm³/mol. The predicted octanol–water partition coefficient (Wildman–Crippen LogP) is 1.32. The number of nitrogens with zero attached hydrogens (tertiary/aromatic N) is 7. The van der Waals surface area contributed by atoms with E-state index >= 15 is 0 Å². The number of anilines is 3. The molecule has 2 aromatic rings. The van der Waals surface area contributed by atoms with E-state index in [1.54, 1.807) is 11.3 Å². The number of hydrogen-bond donors (Lipinski definition) is 0. The van der Waals surface area contributed by atoms with E-state index in [0.29, 0.717) is 0 Å². The second-order valence-corrected chi connectivity index (χ2v) is 7.95. The third-order valence-electron chi connectivity index (χ3n) is 4.90. The molecule has 2 aliphatic heterocycles. The molecule has 2 aliphatic rings. The van der Waals surface area contributed by atoms with Crippen molar-refractivity contribution in [2.24, 2.45) is 0 Å². The third kappa shape index (κ3) is 3.69. The largest absolute Gasteiger partial charge is 0.354 e. The third-order valence-corrected chi connectivity index (χ3v) is 5.87. The number of piperazine rings is 2. The number of thiazole rings is 1. The standard InChI is InChI=1S/C17H25N7S/c1-14-13-19-17(25-14)24-11-9-23(10-12-24)16-18-4-3-15(20-16)22-7-5-21(2)6-8-22/h3-4,13H,5-12H2,1-2H3. The van der Waals surface area contributed by atoms with E-state index in [2.05, 4.69) is 43.5 Å². The first-order valence-electron chi connectivity index (χ1n) is 8.88. The van der Waals surface area contributed by atoms with Crippen LogP contribution in [0.2, 0.25) is 0 Å². The molecule has 0 aliphatic carbocycles. The van der Waals surface area contributed by atoms with Crippen LogP contribution in [0.25, 0.3) is 0 Å². The minimum absolute atomic E-state index is 0.853. The van der Waals surface area contributed by atoms with Crippen LogP contribution in [0.5, 0.6) is 0 Å². The van der Waals surface area contributed by atoms with Gasteiger partial charge in [0.05, 0.1) is 0 Å². The minimum atomic E-state index is 0.853. The van der Waals surface area contributed by atoms with Gasteiger partial charge in [-0.05, 0) is 20.0 Å². The van der Waals surface area contributed by atoms with Crippen molar-refractivity contribution in [2.45, 2.75) is 6.92 Å². The van der Waals surface area contributed by atoms with Gasteiger partial charge in [-0.1, -0.05) is 0 Å². The molecule has 0 spiro atoms. The summed E-state index contributed by atoms with van der Waals surface area (Å²) in [6.45, 7) is 10.2. The Morgan fingerprint density at radius 2 is 1.56 bits per heavy atom. The van der Waals surface area contributed by atoms with Crippen LogP contribution in [0, 0.1) is 6.92 Å². The maximum atomic E-state index is 4.84. The molecule has 4 heterocycles. The summed E-state index contributed by atoms with van der Waals surface area (Å²) in [7, 11) is 2.17. The SMILES string of the molecule is Cc1cnc(N2CCN(c3nccc(N4CCN(C)CC4)n3)CC2)s1. The first kappa shape index (κ1) is 16.5. The molecule has 4 rings (SSSR count). The smallest absolute Gasteiger partial charge is 0.227 e. The van der Waals surface area contributed by atoms with Crippen molar-refractivity contribution < 1.29 is 0 Å². The Morgan fingerprint density at radius 1 is 0.880 bits per heavy atom. The van der Waals surface area contributed by atoms with E-state index in [4.69, 9.17) is 4.98 Å². The van der Waals surface area contributed by atoms with Crippen molar-refractivity contribution in [3.05, 3.63) is 23.3 Å². The monoisotopic (exact) mass is 359 g/mol. The highest BCUT2D eigenvalue weighted by atomic mass is 32.1. The average molecular weight is 360 g/mol. The lowest BCUT2D eigenvalue weighted by Gasteiger charge is -2.36. The lowest BCUT2D eigenvalue weighted by atomic mass is 10.3. The van der Waals surface area contributed by atoms with Crippen molar-refractivity contribution in [1.82, 2.24) is 19.9 Å². The molecule has 0 amide bonds. The summed E-state index contributed by atoms with van der Waals surface area (Å²) in [4.78, 5) is 24.5. The fourth-order valence-electron chi connectivity index (χ4n) is 3.29. The molecule has 0 atom stereocenters. The molecule has 2 aromatic heterocycles. The van der Waals surface area contributed by atoms with E-state index in [1.807, 2.05) is 18.5 Å². The van der Waals surface area contributed by atoms with Crippen LogP contribution in [-0.4, -0.2) is 79.3 Å². The molecule has 0 bridgehead atoms. The molecule has 2 fully saturated rings. The Kier molecular flexibility index (Phi) is 4.72. The Bertz CT molecular complexity index is 703. The summed E-state index contributed by atoms with van der Waals surface area (Å²) < 4.78 is 0. The summed E-state index contributed by atoms with van der Waals surface area (Å²) in [5.41, 5.74) is 0. The van der Waals surface area contributed by atoms with Gasteiger partial charge in [-0.15, -0.1) is 11.3 Å². The van der Waals surface area contributed by atoms with Crippen LogP contribution in [0.15, 0.2) is 18.5 Å². The van der Waals surface area contributed by atoms with Gasteiger partial charge >= 0.3 is 0 Å². The fourth-order valence-corrected chi connectivity index (χ4v) is 4.10. The highest BCUT2D eigenvalue weighted by Crippen LogP contribution is 2.24. The zero-order chi connectivity index (χ0) is 17.2. The van der Waals surface area contributed by atoms with Crippen LogP contribution < -0.4 is 14.7 Å². The second kappa shape index (κ2) is 7.13. The van der Waals surface area contributed by atoms with Gasteiger partial charge in [0.1, 0.15) is 5.82 Å². The quantitative estimate of drug-likeness (QED) is 0.819. The van der Waals surface area contributed by atoms with E-state index < -0.39 is 0 Å². The number of likely N-dealkylation sites (N-methyl/N-ethyl adjacent to an activating group) is 1. The summed E-state index contributed by atoms with van der Waals surface area (Å²) in [5, 5.41) is 1.13. The Labute approximate surface area is 152 Å². The maximum Gasteiger partial charge on any atom is 0.227 e. The van der Waals surface area contributed by atoms with Gasteiger partial charge in [-0.25, -0.2) is 9.97 Å². The van der Waals surface area contributed by atoms with Gasteiger partial charge in [0.15, 0.2) is 5.13 Å². The lowest BCUT2D eigenvalue weighted by molar-refractivity contribution is 0.312. The molecule has 2 saturated heterocycles. The van der Waals surface area contributed by atoms with E-state index in [9.17, 15) is 0 Å². The zero-order valence-corrected chi connectivity index (χ0v) is 15.7. The number of aromatic nitrogens is 3. The molecule has 0 N–H and O–H groups in total. The molecule has 0 unspecified atom stereocenters. The van der Waals surface area contributed by atoms with Crippen LogP contribution in [0.4, 0.5) is 16.9 Å². The summed E-state index contributed by atoms with van der Waals surface area (Å²) in [6, 6.07) is 2.03. The molecule has 8 heteroatoms. The van der Waals surface area contributed by atoms with E-state index in [-0.39, 0.29) is 0 Å². The van der Waals surface area contributed by atoms with Gasteiger partial charge in [0.2, 0.25) is 5.95 Å². The lowest BCUT2D eigenvalue weighted by Crippen LogP contribution is -2.47. The van der Waals surface area contributed by atoms with Crippen molar-refractivity contribution in [3.63, 3.8) is 0 Å². The summed E-state index contributed by atoms with van der Waals surface area (Å²) >= 11 is 1.77. The van der Waals surface area contributed by atoms with Crippen LogP contribution >= 0.6 is 11.3 Å². The fraction of sp³-hybridized carbons (Fsp3) is 0.588.